The largest absolute Gasteiger partial charge is 0.480 e. The minimum Gasteiger partial charge on any atom is -0.480 e. The third-order valence-corrected chi connectivity index (χ3v) is 8.60. The molecule has 1 N–H and O–H groups in total. The molecule has 1 unspecified atom stereocenters. The quantitative estimate of drug-likeness (QED) is 0.374. The van der Waals surface area contributed by atoms with Crippen LogP contribution in [-0.2, 0) is 9.59 Å². The first-order chi connectivity index (χ1) is 16.8. The number of benzene rings is 2. The van der Waals surface area contributed by atoms with E-state index in [1.165, 1.54) is 16.7 Å². The molecule has 0 fully saturated rings. The average molecular weight is 504 g/mol. The molecule has 1 aliphatic heterocycles. The van der Waals surface area contributed by atoms with Crippen LogP contribution >= 0.6 is 23.1 Å². The summed E-state index contributed by atoms with van der Waals surface area (Å²) in [6.45, 7) is 5.69. The first-order valence-corrected chi connectivity index (χ1v) is 13.2. The molecule has 1 aliphatic rings. The zero-order valence-electron chi connectivity index (χ0n) is 19.7. The van der Waals surface area contributed by atoms with E-state index in [-0.39, 0.29) is 16.9 Å². The van der Waals surface area contributed by atoms with Crippen LogP contribution in [0.3, 0.4) is 0 Å². The lowest BCUT2D eigenvalue weighted by Crippen LogP contribution is -2.38. The van der Waals surface area contributed by atoms with Gasteiger partial charge in [-0.25, -0.2) is 4.68 Å². The van der Waals surface area contributed by atoms with Gasteiger partial charge < -0.3 is 5.11 Å². The summed E-state index contributed by atoms with van der Waals surface area (Å²) < 4.78 is 1.77. The molecule has 0 saturated carbocycles. The number of amides is 1. The number of hydrogen-bond acceptors (Lipinski definition) is 5. The molecule has 2 aromatic heterocycles. The van der Waals surface area contributed by atoms with E-state index in [0.717, 1.165) is 44.1 Å². The Labute approximate surface area is 212 Å². The zero-order valence-corrected chi connectivity index (χ0v) is 21.3. The minimum atomic E-state index is -1.06. The lowest BCUT2D eigenvalue weighted by atomic mass is 10.0. The van der Waals surface area contributed by atoms with Crippen LogP contribution in [-0.4, -0.2) is 39.1 Å². The Balaban J connectivity index is 1.88. The number of carbonyl (C=O) groups is 2. The van der Waals surface area contributed by atoms with Crippen LogP contribution in [0.4, 0.5) is 5.82 Å². The van der Waals surface area contributed by atoms with E-state index in [1.807, 2.05) is 56.3 Å². The van der Waals surface area contributed by atoms with Gasteiger partial charge in [-0.05, 0) is 49.4 Å². The molecule has 2 aromatic carbocycles. The van der Waals surface area contributed by atoms with Crippen LogP contribution in [0.25, 0.3) is 16.9 Å². The summed E-state index contributed by atoms with van der Waals surface area (Å²) in [6.07, 6.45) is 0. The molecule has 0 saturated heterocycles. The summed E-state index contributed by atoms with van der Waals surface area (Å²) >= 11 is 3.19. The Kier molecular flexibility index (Phi) is 6.25. The number of aliphatic carboxylic acids is 1. The predicted molar refractivity (Wildman–Crippen MR) is 142 cm³/mol. The highest BCUT2D eigenvalue weighted by molar-refractivity contribution is 8.00. The average Bonchev–Trinajstić information content (AvgIpc) is 3.39. The summed E-state index contributed by atoms with van der Waals surface area (Å²) in [4.78, 5) is 27.8. The molecule has 0 radical (unpaired) electrons. The molecule has 4 aromatic rings. The number of carboxylic acids is 1. The summed E-state index contributed by atoms with van der Waals surface area (Å²) in [5.74, 6) is -0.577. The molecule has 3 heterocycles. The van der Waals surface area contributed by atoms with Crippen molar-refractivity contribution < 1.29 is 14.7 Å². The van der Waals surface area contributed by atoms with Crippen molar-refractivity contribution in [2.45, 2.75) is 26.0 Å². The number of carboxylic acid groups (broad SMARTS) is 1. The second-order valence-corrected chi connectivity index (χ2v) is 10.7. The van der Waals surface area contributed by atoms with Crippen LogP contribution in [0.2, 0.25) is 0 Å². The highest BCUT2D eigenvalue weighted by Crippen LogP contribution is 2.50. The summed E-state index contributed by atoms with van der Waals surface area (Å²) in [6, 6.07) is 18.0. The molecule has 8 heteroatoms. The number of nitrogens with zero attached hydrogens (tertiary/aromatic N) is 3. The number of hydrogen-bond donors (Lipinski definition) is 1. The number of thiophene rings is 1. The highest BCUT2D eigenvalue weighted by Gasteiger charge is 2.38. The maximum absolute atomic E-state index is 13.4. The molecule has 35 heavy (non-hydrogen) atoms. The lowest BCUT2D eigenvalue weighted by molar-refractivity contribution is -0.136. The van der Waals surface area contributed by atoms with Gasteiger partial charge >= 0.3 is 5.97 Å². The van der Waals surface area contributed by atoms with E-state index in [1.54, 1.807) is 16.0 Å². The monoisotopic (exact) mass is 503 g/mol. The maximum atomic E-state index is 13.4. The number of aromatic nitrogens is 2. The van der Waals surface area contributed by atoms with Crippen LogP contribution < -0.4 is 4.90 Å². The van der Waals surface area contributed by atoms with E-state index < -0.39 is 12.5 Å². The lowest BCUT2D eigenvalue weighted by Gasteiger charge is -2.22. The SMILES string of the molecule is Cc1ccc(-n2nc(-c3ccccc3)c3c2N(CC(=O)O)C(=O)CSC3c2sccc2C)c(C)c1. The topological polar surface area (TPSA) is 75.4 Å². The Morgan fingerprint density at radius 1 is 1.09 bits per heavy atom. The van der Waals surface area contributed by atoms with Crippen molar-refractivity contribution in [2.24, 2.45) is 0 Å². The zero-order chi connectivity index (χ0) is 24.7. The van der Waals surface area contributed by atoms with Gasteiger partial charge in [-0.15, -0.1) is 23.1 Å². The van der Waals surface area contributed by atoms with Gasteiger partial charge in [-0.2, -0.15) is 5.10 Å². The standard InChI is InChI=1S/C27H25N3O3S2/c1-16-9-10-20(18(3)13-16)30-27-23(24(28-30)19-7-5-4-6-8-19)26(25-17(2)11-12-34-25)35-15-21(31)29(27)14-22(32)33/h4-13,26H,14-15H2,1-3H3,(H,32,33). The normalized spacial score (nSPS) is 15.7. The molecule has 1 amide bonds. The fourth-order valence-corrected chi connectivity index (χ4v) is 7.01. The number of carbonyl (C=O) groups excluding carboxylic acids is 1. The first-order valence-electron chi connectivity index (χ1n) is 11.3. The van der Waals surface area contributed by atoms with Crippen molar-refractivity contribution in [1.29, 1.82) is 0 Å². The van der Waals surface area contributed by atoms with Crippen molar-refractivity contribution in [2.75, 3.05) is 17.2 Å². The van der Waals surface area contributed by atoms with Gasteiger partial charge in [-0.3, -0.25) is 14.5 Å². The number of rotatable bonds is 5. The van der Waals surface area contributed by atoms with E-state index >= 15 is 0 Å². The Morgan fingerprint density at radius 2 is 1.86 bits per heavy atom. The van der Waals surface area contributed by atoms with Crippen LogP contribution in [0.15, 0.2) is 60.0 Å². The van der Waals surface area contributed by atoms with Crippen molar-refractivity contribution in [3.05, 3.63) is 87.1 Å². The fourth-order valence-electron chi connectivity index (χ4n) is 4.53. The number of anilines is 1. The molecule has 0 aliphatic carbocycles. The van der Waals surface area contributed by atoms with Gasteiger partial charge in [0.1, 0.15) is 12.4 Å². The second-order valence-electron chi connectivity index (χ2n) is 8.69. The maximum Gasteiger partial charge on any atom is 0.323 e. The van der Waals surface area contributed by atoms with Gasteiger partial charge in [0.2, 0.25) is 5.91 Å². The molecule has 5 rings (SSSR count). The summed E-state index contributed by atoms with van der Waals surface area (Å²) in [5.41, 5.74) is 6.65. The number of thioether (sulfide) groups is 1. The van der Waals surface area contributed by atoms with Crippen molar-refractivity contribution >= 4 is 40.8 Å². The molecular weight excluding hydrogens is 478 g/mol. The predicted octanol–water partition coefficient (Wildman–Crippen LogP) is 5.78. The summed E-state index contributed by atoms with van der Waals surface area (Å²) in [7, 11) is 0. The van der Waals surface area contributed by atoms with Crippen LogP contribution in [0.5, 0.6) is 0 Å². The molecule has 0 bridgehead atoms. The molecular formula is C27H25N3O3S2. The van der Waals surface area contributed by atoms with Gasteiger partial charge in [0.05, 0.1) is 22.4 Å². The van der Waals surface area contributed by atoms with Crippen molar-refractivity contribution in [3.63, 3.8) is 0 Å². The Bertz CT molecular complexity index is 1420. The first kappa shape index (κ1) is 23.4. The van der Waals surface area contributed by atoms with Crippen molar-refractivity contribution in [1.82, 2.24) is 9.78 Å². The van der Waals surface area contributed by atoms with E-state index in [4.69, 9.17) is 5.10 Å². The van der Waals surface area contributed by atoms with E-state index in [2.05, 4.69) is 24.4 Å². The van der Waals surface area contributed by atoms with Crippen LogP contribution in [0, 0.1) is 20.8 Å². The number of fused-ring (bicyclic) bond motifs is 1. The minimum absolute atomic E-state index is 0.151. The Hall–Kier alpha value is -3.36. The van der Waals surface area contributed by atoms with Crippen molar-refractivity contribution in [3.8, 4) is 16.9 Å². The van der Waals surface area contributed by atoms with Gasteiger partial charge in [-0.1, -0.05) is 48.0 Å². The highest BCUT2D eigenvalue weighted by atomic mass is 32.2. The van der Waals surface area contributed by atoms with Crippen LogP contribution in [0.1, 0.15) is 32.4 Å². The third kappa shape index (κ3) is 4.28. The second kappa shape index (κ2) is 9.36. The third-order valence-electron chi connectivity index (χ3n) is 6.15. The molecule has 1 atom stereocenters. The molecule has 6 nitrogen and oxygen atoms in total. The molecule has 0 spiro atoms. The van der Waals surface area contributed by atoms with E-state index in [9.17, 15) is 14.7 Å². The molecule has 178 valence electrons. The van der Waals surface area contributed by atoms with Gasteiger partial charge in [0, 0.05) is 16.0 Å². The van der Waals surface area contributed by atoms with Gasteiger partial charge in [0.15, 0.2) is 0 Å². The fraction of sp³-hybridized carbons (Fsp3) is 0.222. The van der Waals surface area contributed by atoms with E-state index in [0.29, 0.717) is 5.82 Å². The number of aryl methyl sites for hydroxylation is 3. The Morgan fingerprint density at radius 3 is 2.51 bits per heavy atom. The van der Waals surface area contributed by atoms with Gasteiger partial charge in [0.25, 0.3) is 0 Å². The smallest absolute Gasteiger partial charge is 0.323 e. The summed E-state index contributed by atoms with van der Waals surface area (Å²) in [5, 5.41) is 16.7.